The lowest BCUT2D eigenvalue weighted by Gasteiger charge is -2.38. The van der Waals surface area contributed by atoms with Gasteiger partial charge in [-0.25, -0.2) is 4.98 Å². The van der Waals surface area contributed by atoms with E-state index >= 15 is 0 Å². The van der Waals surface area contributed by atoms with Crippen LogP contribution in [0.3, 0.4) is 0 Å². The lowest BCUT2D eigenvalue weighted by Crippen LogP contribution is -2.47. The average Bonchev–Trinajstić information content (AvgIpc) is 3.32. The van der Waals surface area contributed by atoms with Gasteiger partial charge in [-0.3, -0.25) is 4.79 Å². The van der Waals surface area contributed by atoms with Crippen molar-refractivity contribution in [2.75, 3.05) is 24.9 Å². The monoisotopic (exact) mass is 481 g/mol. The summed E-state index contributed by atoms with van der Waals surface area (Å²) < 4.78 is 4.48. The maximum Gasteiger partial charge on any atom is 0.253 e. The van der Waals surface area contributed by atoms with Crippen molar-refractivity contribution in [1.82, 2.24) is 15.2 Å². The third kappa shape index (κ3) is 5.55. The molecular formula is C24H27N5O2S2. The van der Waals surface area contributed by atoms with E-state index in [0.29, 0.717) is 37.9 Å². The summed E-state index contributed by atoms with van der Waals surface area (Å²) in [4.78, 5) is 20.2. The lowest BCUT2D eigenvalue weighted by atomic mass is 9.85. The summed E-state index contributed by atoms with van der Waals surface area (Å²) in [5.41, 5.74) is 4.24. The molecule has 1 aliphatic rings. The number of nitrogens with one attached hydrogen (secondary N) is 3. The second-order valence-corrected chi connectivity index (χ2v) is 9.82. The topological polar surface area (TPSA) is 101 Å². The molecule has 33 heavy (non-hydrogen) atoms. The molecule has 7 nitrogen and oxygen atoms in total. The summed E-state index contributed by atoms with van der Waals surface area (Å²) in [7, 11) is 1.77. The number of aromatic nitrogens is 1. The Balaban J connectivity index is 1.33. The molecule has 4 rings (SSSR count). The minimum Gasteiger partial charge on any atom is -0.394 e. The minimum absolute atomic E-state index is 0.0264. The number of hydrogen-bond donors (Lipinski definition) is 4. The standard InChI is InChI=1S/C24H27N5O2S2/c1-26-15-17(14-25)13-24(31)9-11-29(12-10-24)23(30)18-5-7-19(8-6-18)28-33-21-4-2-3-20-22(21)27-16-32-20/h2-8,14-16,25-26,28,31H,9-13H2,1H3/b17-15-,25-14?. The molecule has 1 aromatic heterocycles. The number of nitrogens with zero attached hydrogens (tertiary/aromatic N) is 2. The molecule has 2 aromatic carbocycles. The number of piperidine rings is 1. The van der Waals surface area contributed by atoms with Crippen molar-refractivity contribution in [3.05, 3.63) is 65.3 Å². The van der Waals surface area contributed by atoms with Gasteiger partial charge in [-0.05, 0) is 66.8 Å². The van der Waals surface area contributed by atoms with Gasteiger partial charge >= 0.3 is 0 Å². The van der Waals surface area contributed by atoms with Crippen molar-refractivity contribution in [1.29, 1.82) is 5.41 Å². The third-order valence-electron chi connectivity index (χ3n) is 5.76. The van der Waals surface area contributed by atoms with Crippen molar-refractivity contribution in [3.8, 4) is 0 Å². The molecule has 1 amide bonds. The fourth-order valence-electron chi connectivity index (χ4n) is 3.93. The molecule has 9 heteroatoms. The molecule has 0 saturated carbocycles. The van der Waals surface area contributed by atoms with Crippen LogP contribution in [0.25, 0.3) is 10.2 Å². The summed E-state index contributed by atoms with van der Waals surface area (Å²) in [5.74, 6) is -0.0264. The first-order chi connectivity index (χ1) is 16.0. The van der Waals surface area contributed by atoms with Crippen LogP contribution in [0.5, 0.6) is 0 Å². The van der Waals surface area contributed by atoms with Crippen LogP contribution in [-0.2, 0) is 0 Å². The van der Waals surface area contributed by atoms with Crippen molar-refractivity contribution in [2.24, 2.45) is 0 Å². The summed E-state index contributed by atoms with van der Waals surface area (Å²) in [6, 6.07) is 13.6. The van der Waals surface area contributed by atoms with Crippen LogP contribution in [-0.4, -0.2) is 52.9 Å². The summed E-state index contributed by atoms with van der Waals surface area (Å²) >= 11 is 3.13. The van der Waals surface area contributed by atoms with Gasteiger partial charge in [0.05, 0.1) is 26.2 Å². The van der Waals surface area contributed by atoms with Crippen molar-refractivity contribution in [2.45, 2.75) is 29.8 Å². The number of hydrogen-bond acceptors (Lipinski definition) is 8. The van der Waals surface area contributed by atoms with Crippen LogP contribution in [0.2, 0.25) is 0 Å². The number of carbonyl (C=O) groups excluding carboxylic acids is 1. The summed E-state index contributed by atoms with van der Waals surface area (Å²) in [6.45, 7) is 0.987. The molecule has 3 aromatic rings. The Morgan fingerprint density at radius 3 is 2.73 bits per heavy atom. The van der Waals surface area contributed by atoms with Gasteiger partial charge in [-0.2, -0.15) is 0 Å². The van der Waals surface area contributed by atoms with Crippen molar-refractivity contribution in [3.63, 3.8) is 0 Å². The maximum absolute atomic E-state index is 13.0. The first-order valence-corrected chi connectivity index (χ1v) is 12.4. The molecule has 0 aliphatic carbocycles. The van der Waals surface area contributed by atoms with Crippen LogP contribution < -0.4 is 10.0 Å². The largest absolute Gasteiger partial charge is 0.394 e. The fourth-order valence-corrected chi connectivity index (χ4v) is 5.47. The Morgan fingerprint density at radius 2 is 2.03 bits per heavy atom. The highest BCUT2D eigenvalue weighted by atomic mass is 32.2. The minimum atomic E-state index is -0.887. The molecule has 0 atom stereocenters. The second-order valence-electron chi connectivity index (χ2n) is 8.08. The number of likely N-dealkylation sites (tertiary alicyclic amines) is 1. The normalized spacial score (nSPS) is 15.9. The van der Waals surface area contributed by atoms with E-state index in [-0.39, 0.29) is 5.91 Å². The van der Waals surface area contributed by atoms with E-state index in [1.807, 2.05) is 41.9 Å². The van der Waals surface area contributed by atoms with Crippen LogP contribution in [0.4, 0.5) is 5.69 Å². The van der Waals surface area contributed by atoms with E-state index in [0.717, 1.165) is 26.4 Å². The highest BCUT2D eigenvalue weighted by Crippen LogP contribution is 2.31. The van der Waals surface area contributed by atoms with E-state index < -0.39 is 5.60 Å². The zero-order chi connectivity index (χ0) is 23.3. The van der Waals surface area contributed by atoms with E-state index in [1.54, 1.807) is 29.5 Å². The number of fused-ring (bicyclic) bond motifs is 1. The maximum atomic E-state index is 13.0. The van der Waals surface area contributed by atoms with E-state index in [4.69, 9.17) is 5.41 Å². The first kappa shape index (κ1) is 23.3. The number of carbonyl (C=O) groups is 1. The second kappa shape index (κ2) is 10.4. The Labute approximate surface area is 201 Å². The van der Waals surface area contributed by atoms with E-state index in [1.165, 1.54) is 18.2 Å². The molecule has 0 spiro atoms. The van der Waals surface area contributed by atoms with Crippen molar-refractivity contribution < 1.29 is 9.90 Å². The predicted octanol–water partition coefficient (Wildman–Crippen LogP) is 4.53. The number of benzene rings is 2. The Bertz CT molecular complexity index is 1150. The number of anilines is 1. The number of rotatable bonds is 8. The zero-order valence-electron chi connectivity index (χ0n) is 18.4. The van der Waals surface area contributed by atoms with Gasteiger partial charge in [0.15, 0.2) is 0 Å². The number of para-hydroxylation sites is 1. The Hall–Kier alpha value is -2.88. The Kier molecular flexibility index (Phi) is 7.32. The highest BCUT2D eigenvalue weighted by molar-refractivity contribution is 8.00. The molecule has 1 fully saturated rings. The smallest absolute Gasteiger partial charge is 0.253 e. The third-order valence-corrected chi connectivity index (χ3v) is 7.45. The molecule has 172 valence electrons. The highest BCUT2D eigenvalue weighted by Gasteiger charge is 2.34. The van der Waals surface area contributed by atoms with Gasteiger partial charge in [-0.15, -0.1) is 11.3 Å². The number of amides is 1. The molecule has 0 radical (unpaired) electrons. The number of aliphatic hydroxyl groups is 1. The van der Waals surface area contributed by atoms with Gasteiger partial charge in [0.25, 0.3) is 5.91 Å². The predicted molar refractivity (Wildman–Crippen MR) is 136 cm³/mol. The number of thiazole rings is 1. The molecule has 1 aliphatic heterocycles. The van der Waals surface area contributed by atoms with E-state index in [9.17, 15) is 9.90 Å². The van der Waals surface area contributed by atoms with Crippen LogP contribution in [0.15, 0.2) is 64.6 Å². The summed E-state index contributed by atoms with van der Waals surface area (Å²) in [5, 5.41) is 21.3. The molecule has 0 unspecified atom stereocenters. The molecular weight excluding hydrogens is 454 g/mol. The molecule has 1 saturated heterocycles. The van der Waals surface area contributed by atoms with Gasteiger partial charge in [0, 0.05) is 50.2 Å². The lowest BCUT2D eigenvalue weighted by molar-refractivity contribution is -0.0152. The van der Waals surface area contributed by atoms with Gasteiger partial charge < -0.3 is 25.5 Å². The first-order valence-electron chi connectivity index (χ1n) is 10.7. The SMILES string of the molecule is CN/C=C(\C=N)CC1(O)CCN(C(=O)c2ccc(NSc3cccc4scnc34)cc2)CC1. The van der Waals surface area contributed by atoms with Gasteiger partial charge in [0.2, 0.25) is 0 Å². The molecule has 2 heterocycles. The van der Waals surface area contributed by atoms with Gasteiger partial charge in [0.1, 0.15) is 0 Å². The zero-order valence-corrected chi connectivity index (χ0v) is 20.0. The molecule has 0 bridgehead atoms. The summed E-state index contributed by atoms with van der Waals surface area (Å²) in [6.07, 6.45) is 4.38. The van der Waals surface area contributed by atoms with Crippen LogP contribution in [0, 0.1) is 5.41 Å². The quantitative estimate of drug-likeness (QED) is 0.279. The van der Waals surface area contributed by atoms with Crippen molar-refractivity contribution >= 4 is 51.3 Å². The Morgan fingerprint density at radius 1 is 1.27 bits per heavy atom. The van der Waals surface area contributed by atoms with Crippen LogP contribution in [0.1, 0.15) is 29.6 Å². The van der Waals surface area contributed by atoms with Crippen LogP contribution >= 0.6 is 23.3 Å². The van der Waals surface area contributed by atoms with E-state index in [2.05, 4.69) is 21.1 Å². The average molecular weight is 482 g/mol. The molecule has 4 N–H and O–H groups in total. The van der Waals surface area contributed by atoms with Gasteiger partial charge in [-0.1, -0.05) is 6.07 Å². The fraction of sp³-hybridized carbons (Fsp3) is 0.292.